The molecule has 0 spiro atoms. The van der Waals surface area contributed by atoms with E-state index in [9.17, 15) is 14.0 Å². The predicted molar refractivity (Wildman–Crippen MR) is 78.3 cm³/mol. The predicted octanol–water partition coefficient (Wildman–Crippen LogP) is 0.974. The van der Waals surface area contributed by atoms with Gasteiger partial charge in [-0.3, -0.25) is 9.69 Å². The molecule has 7 heteroatoms. The van der Waals surface area contributed by atoms with Crippen molar-refractivity contribution in [1.82, 2.24) is 10.6 Å². The van der Waals surface area contributed by atoms with Crippen molar-refractivity contribution in [2.75, 3.05) is 31.1 Å². The fraction of sp³-hybridized carbons (Fsp3) is 0.467. The normalized spacial score (nSPS) is 21.5. The number of anilines is 1. The third-order valence-corrected chi connectivity index (χ3v) is 3.97. The Kier molecular flexibility index (Phi) is 3.98. The Hall–Kier alpha value is -2.15. The van der Waals surface area contributed by atoms with Crippen LogP contribution in [-0.4, -0.2) is 44.3 Å². The van der Waals surface area contributed by atoms with Crippen molar-refractivity contribution in [1.29, 1.82) is 0 Å². The van der Waals surface area contributed by atoms with Gasteiger partial charge in [0.2, 0.25) is 5.91 Å². The largest absolute Gasteiger partial charge is 0.442 e. The van der Waals surface area contributed by atoms with Crippen molar-refractivity contribution >= 4 is 17.7 Å². The minimum absolute atomic E-state index is 0.181. The number of hydrogen-bond acceptors (Lipinski definition) is 4. The fourth-order valence-corrected chi connectivity index (χ4v) is 2.62. The zero-order chi connectivity index (χ0) is 15.7. The maximum absolute atomic E-state index is 14.2. The molecular weight excluding hydrogens is 289 g/mol. The van der Waals surface area contributed by atoms with E-state index in [4.69, 9.17) is 4.74 Å². The standard InChI is InChI=1S/C15H18FN3O3/c1-9(20)18-7-12-8-19(15(21)22-12)11-2-3-13(14(16)4-11)10-5-17-6-10/h2-4,10,12,17H,5-8H2,1H3,(H,18,20). The molecule has 6 nitrogen and oxygen atoms in total. The molecule has 0 bridgehead atoms. The van der Waals surface area contributed by atoms with Gasteiger partial charge in [-0.1, -0.05) is 6.07 Å². The fourth-order valence-electron chi connectivity index (χ4n) is 2.62. The lowest BCUT2D eigenvalue weighted by Gasteiger charge is -2.28. The Morgan fingerprint density at radius 1 is 1.50 bits per heavy atom. The number of amides is 2. The van der Waals surface area contributed by atoms with Crippen molar-refractivity contribution < 1.29 is 18.7 Å². The molecule has 2 aliphatic heterocycles. The molecular formula is C15H18FN3O3. The first-order chi connectivity index (χ1) is 10.5. The Labute approximate surface area is 127 Å². The number of ether oxygens (including phenoxy) is 1. The minimum atomic E-state index is -0.521. The van der Waals surface area contributed by atoms with Crippen LogP contribution in [-0.2, 0) is 9.53 Å². The van der Waals surface area contributed by atoms with Crippen LogP contribution in [0.15, 0.2) is 18.2 Å². The molecule has 0 saturated carbocycles. The van der Waals surface area contributed by atoms with Crippen LogP contribution < -0.4 is 15.5 Å². The van der Waals surface area contributed by atoms with Crippen LogP contribution in [0.4, 0.5) is 14.9 Å². The second-order valence-corrected chi connectivity index (χ2v) is 5.61. The van der Waals surface area contributed by atoms with Gasteiger partial charge in [-0.25, -0.2) is 9.18 Å². The lowest BCUT2D eigenvalue weighted by atomic mass is 9.93. The van der Waals surface area contributed by atoms with Crippen LogP contribution in [0.1, 0.15) is 18.4 Å². The minimum Gasteiger partial charge on any atom is -0.442 e. The molecule has 0 aromatic heterocycles. The second-order valence-electron chi connectivity index (χ2n) is 5.61. The molecule has 2 fully saturated rings. The third kappa shape index (κ3) is 2.89. The van der Waals surface area contributed by atoms with E-state index in [1.54, 1.807) is 12.1 Å². The first-order valence-electron chi connectivity index (χ1n) is 7.27. The maximum atomic E-state index is 14.2. The lowest BCUT2D eigenvalue weighted by Crippen LogP contribution is -2.40. The quantitative estimate of drug-likeness (QED) is 0.870. The number of cyclic esters (lactones) is 1. The molecule has 2 heterocycles. The van der Waals surface area contributed by atoms with Gasteiger partial charge in [0, 0.05) is 25.9 Å². The summed E-state index contributed by atoms with van der Waals surface area (Å²) in [4.78, 5) is 24.2. The van der Waals surface area contributed by atoms with E-state index in [1.165, 1.54) is 17.9 Å². The van der Waals surface area contributed by atoms with Crippen LogP contribution in [0, 0.1) is 5.82 Å². The molecule has 1 aromatic carbocycles. The molecule has 2 amide bonds. The molecule has 118 valence electrons. The van der Waals surface area contributed by atoms with Crippen LogP contribution in [0.5, 0.6) is 0 Å². The first-order valence-corrected chi connectivity index (χ1v) is 7.27. The summed E-state index contributed by atoms with van der Waals surface area (Å²) in [5.74, 6) is -0.284. The molecule has 2 aliphatic rings. The van der Waals surface area contributed by atoms with E-state index in [1.807, 2.05) is 0 Å². The summed E-state index contributed by atoms with van der Waals surface area (Å²) in [6.07, 6.45) is -0.942. The number of rotatable bonds is 4. The molecule has 1 unspecified atom stereocenters. The maximum Gasteiger partial charge on any atom is 0.414 e. The average Bonchev–Trinajstić information content (AvgIpc) is 2.78. The van der Waals surface area contributed by atoms with Gasteiger partial charge < -0.3 is 15.4 Å². The van der Waals surface area contributed by atoms with Crippen molar-refractivity contribution in [3.8, 4) is 0 Å². The molecule has 0 radical (unpaired) electrons. The monoisotopic (exact) mass is 307 g/mol. The van der Waals surface area contributed by atoms with Crippen LogP contribution in [0.3, 0.4) is 0 Å². The van der Waals surface area contributed by atoms with Gasteiger partial charge in [0.15, 0.2) is 0 Å². The number of nitrogens with zero attached hydrogens (tertiary/aromatic N) is 1. The van der Waals surface area contributed by atoms with Gasteiger partial charge in [0.1, 0.15) is 11.9 Å². The van der Waals surface area contributed by atoms with Crippen molar-refractivity contribution in [3.63, 3.8) is 0 Å². The summed E-state index contributed by atoms with van der Waals surface area (Å²) in [6, 6.07) is 4.83. The van der Waals surface area contributed by atoms with E-state index >= 15 is 0 Å². The van der Waals surface area contributed by atoms with Gasteiger partial charge in [0.05, 0.1) is 18.8 Å². The topological polar surface area (TPSA) is 70.7 Å². The molecule has 2 N–H and O–H groups in total. The highest BCUT2D eigenvalue weighted by Crippen LogP contribution is 2.28. The summed E-state index contributed by atoms with van der Waals surface area (Å²) in [7, 11) is 0. The summed E-state index contributed by atoms with van der Waals surface area (Å²) in [5, 5.41) is 5.71. The molecule has 1 aromatic rings. The van der Waals surface area contributed by atoms with Crippen molar-refractivity contribution in [3.05, 3.63) is 29.6 Å². The van der Waals surface area contributed by atoms with Crippen LogP contribution >= 0.6 is 0 Å². The van der Waals surface area contributed by atoms with E-state index in [0.29, 0.717) is 17.8 Å². The number of nitrogens with one attached hydrogen (secondary N) is 2. The number of hydrogen-bond donors (Lipinski definition) is 2. The van der Waals surface area contributed by atoms with Gasteiger partial charge in [0.25, 0.3) is 0 Å². The number of halogens is 1. The van der Waals surface area contributed by atoms with E-state index < -0.39 is 12.2 Å². The lowest BCUT2D eigenvalue weighted by molar-refractivity contribution is -0.119. The highest BCUT2D eigenvalue weighted by Gasteiger charge is 2.33. The van der Waals surface area contributed by atoms with Gasteiger partial charge in [-0.2, -0.15) is 0 Å². The number of benzene rings is 1. The number of carbonyl (C=O) groups excluding carboxylic acids is 2. The van der Waals surface area contributed by atoms with Crippen molar-refractivity contribution in [2.24, 2.45) is 0 Å². The van der Waals surface area contributed by atoms with Crippen molar-refractivity contribution in [2.45, 2.75) is 18.9 Å². The zero-order valence-corrected chi connectivity index (χ0v) is 12.3. The summed E-state index contributed by atoms with van der Waals surface area (Å²) < 4.78 is 19.4. The van der Waals surface area contributed by atoms with Crippen LogP contribution in [0.25, 0.3) is 0 Å². The Balaban J connectivity index is 1.69. The summed E-state index contributed by atoms with van der Waals surface area (Å²) in [6.45, 7) is 3.51. The third-order valence-electron chi connectivity index (χ3n) is 3.97. The SMILES string of the molecule is CC(=O)NCC1CN(c2ccc(C3CNC3)c(F)c2)C(=O)O1. The Morgan fingerprint density at radius 2 is 2.27 bits per heavy atom. The Morgan fingerprint density at radius 3 is 2.86 bits per heavy atom. The molecule has 3 rings (SSSR count). The molecule has 2 saturated heterocycles. The highest BCUT2D eigenvalue weighted by atomic mass is 19.1. The second kappa shape index (κ2) is 5.92. The Bertz CT molecular complexity index is 604. The van der Waals surface area contributed by atoms with Gasteiger partial charge >= 0.3 is 6.09 Å². The van der Waals surface area contributed by atoms with E-state index in [0.717, 1.165) is 13.1 Å². The molecule has 22 heavy (non-hydrogen) atoms. The average molecular weight is 307 g/mol. The first kappa shape index (κ1) is 14.8. The molecule has 1 atom stereocenters. The smallest absolute Gasteiger partial charge is 0.414 e. The molecule has 0 aliphatic carbocycles. The zero-order valence-electron chi connectivity index (χ0n) is 12.3. The highest BCUT2D eigenvalue weighted by molar-refractivity contribution is 5.89. The van der Waals surface area contributed by atoms with Gasteiger partial charge in [-0.05, 0) is 17.7 Å². The van der Waals surface area contributed by atoms with E-state index in [-0.39, 0.29) is 24.2 Å². The van der Waals surface area contributed by atoms with Crippen LogP contribution in [0.2, 0.25) is 0 Å². The van der Waals surface area contributed by atoms with Gasteiger partial charge in [-0.15, -0.1) is 0 Å². The van der Waals surface area contributed by atoms with E-state index in [2.05, 4.69) is 10.6 Å². The number of carbonyl (C=O) groups is 2. The summed E-state index contributed by atoms with van der Waals surface area (Å²) in [5.41, 5.74) is 1.15. The summed E-state index contributed by atoms with van der Waals surface area (Å²) >= 11 is 0.